The van der Waals surface area contributed by atoms with E-state index >= 15 is 0 Å². The average molecular weight is 278 g/mol. The smallest absolute Gasteiger partial charge is 0.213 e. The highest BCUT2D eigenvalue weighted by atomic mass is 16.5. The normalized spacial score (nSPS) is 10.5. The van der Waals surface area contributed by atoms with Crippen molar-refractivity contribution in [1.82, 2.24) is 4.98 Å². The third-order valence-corrected chi connectivity index (χ3v) is 3.39. The molecule has 114 valence electrons. The van der Waals surface area contributed by atoms with Gasteiger partial charge in [0.2, 0.25) is 5.88 Å². The first kappa shape index (κ1) is 16.8. The lowest BCUT2D eigenvalue weighted by atomic mass is 10.1. The van der Waals surface area contributed by atoms with Crippen molar-refractivity contribution in [2.45, 2.75) is 65.2 Å². The Hall–Kier alpha value is -1.25. The Morgan fingerprint density at radius 3 is 2.25 bits per heavy atom. The van der Waals surface area contributed by atoms with Crippen LogP contribution in [0.4, 0.5) is 5.69 Å². The maximum atomic E-state index is 5.32. The lowest BCUT2D eigenvalue weighted by Gasteiger charge is -2.07. The van der Waals surface area contributed by atoms with Crippen molar-refractivity contribution in [2.75, 3.05) is 18.5 Å². The predicted molar refractivity (Wildman–Crippen MR) is 86.5 cm³/mol. The average Bonchev–Trinajstić information content (AvgIpc) is 2.47. The molecule has 20 heavy (non-hydrogen) atoms. The number of hydrogen-bond acceptors (Lipinski definition) is 3. The van der Waals surface area contributed by atoms with Crippen LogP contribution in [0.5, 0.6) is 5.88 Å². The number of nitrogens with zero attached hydrogens (tertiary/aromatic N) is 1. The molecule has 1 aromatic rings. The van der Waals surface area contributed by atoms with E-state index in [0.29, 0.717) is 12.5 Å². The van der Waals surface area contributed by atoms with Crippen molar-refractivity contribution in [3.05, 3.63) is 18.3 Å². The van der Waals surface area contributed by atoms with Gasteiger partial charge in [-0.25, -0.2) is 4.98 Å². The molecule has 0 spiro atoms. The molecule has 0 atom stereocenters. The number of nitrogens with one attached hydrogen (secondary N) is 1. The summed E-state index contributed by atoms with van der Waals surface area (Å²) in [6, 6.07) is 3.95. The molecule has 0 bridgehead atoms. The van der Waals surface area contributed by atoms with Gasteiger partial charge < -0.3 is 10.1 Å². The van der Waals surface area contributed by atoms with E-state index in [1.165, 1.54) is 51.4 Å². The van der Waals surface area contributed by atoms with Crippen molar-refractivity contribution in [3.8, 4) is 5.88 Å². The molecule has 0 aliphatic rings. The van der Waals surface area contributed by atoms with Crippen LogP contribution < -0.4 is 10.1 Å². The van der Waals surface area contributed by atoms with Crippen molar-refractivity contribution >= 4 is 5.69 Å². The number of ether oxygens (including phenoxy) is 1. The SMILES string of the molecule is CCCCCCCCCCNc1ccc(OCC)nc1. The Bertz CT molecular complexity index is 324. The molecule has 1 rings (SSSR count). The first-order valence-corrected chi connectivity index (χ1v) is 8.19. The van der Waals surface area contributed by atoms with Gasteiger partial charge in [-0.3, -0.25) is 0 Å². The number of aromatic nitrogens is 1. The summed E-state index contributed by atoms with van der Waals surface area (Å²) in [7, 11) is 0. The van der Waals surface area contributed by atoms with Gasteiger partial charge in [0.1, 0.15) is 0 Å². The second kappa shape index (κ2) is 11.6. The fourth-order valence-electron chi connectivity index (χ4n) is 2.21. The van der Waals surface area contributed by atoms with Crippen molar-refractivity contribution in [1.29, 1.82) is 0 Å². The number of anilines is 1. The van der Waals surface area contributed by atoms with Gasteiger partial charge in [-0.15, -0.1) is 0 Å². The van der Waals surface area contributed by atoms with E-state index in [9.17, 15) is 0 Å². The fourth-order valence-corrected chi connectivity index (χ4v) is 2.21. The summed E-state index contributed by atoms with van der Waals surface area (Å²) in [5.74, 6) is 0.699. The van der Waals surface area contributed by atoms with E-state index in [4.69, 9.17) is 4.74 Å². The van der Waals surface area contributed by atoms with Gasteiger partial charge in [0, 0.05) is 12.6 Å². The topological polar surface area (TPSA) is 34.1 Å². The van der Waals surface area contributed by atoms with E-state index in [2.05, 4.69) is 17.2 Å². The monoisotopic (exact) mass is 278 g/mol. The molecular weight excluding hydrogens is 248 g/mol. The lowest BCUT2D eigenvalue weighted by molar-refractivity contribution is 0.327. The summed E-state index contributed by atoms with van der Waals surface area (Å²) < 4.78 is 5.32. The highest BCUT2D eigenvalue weighted by molar-refractivity contribution is 5.41. The van der Waals surface area contributed by atoms with E-state index in [1.807, 2.05) is 25.3 Å². The van der Waals surface area contributed by atoms with Crippen molar-refractivity contribution in [2.24, 2.45) is 0 Å². The lowest BCUT2D eigenvalue weighted by Crippen LogP contribution is -2.02. The Labute approximate surface area is 124 Å². The predicted octanol–water partition coefficient (Wildman–Crippen LogP) is 5.03. The molecular formula is C17H30N2O. The second-order valence-corrected chi connectivity index (χ2v) is 5.22. The van der Waals surface area contributed by atoms with E-state index in [-0.39, 0.29) is 0 Å². The third-order valence-electron chi connectivity index (χ3n) is 3.39. The van der Waals surface area contributed by atoms with Crippen LogP contribution in [0, 0.1) is 0 Å². The molecule has 1 N–H and O–H groups in total. The standard InChI is InChI=1S/C17H30N2O/c1-3-5-6-7-8-9-10-11-14-18-16-12-13-17(19-15-16)20-4-2/h12-13,15,18H,3-11,14H2,1-2H3. The Morgan fingerprint density at radius 2 is 1.65 bits per heavy atom. The Morgan fingerprint density at radius 1 is 0.950 bits per heavy atom. The zero-order chi connectivity index (χ0) is 14.5. The Kier molecular flexibility index (Phi) is 9.72. The minimum atomic E-state index is 0.665. The summed E-state index contributed by atoms with van der Waals surface area (Å²) >= 11 is 0. The molecule has 0 amide bonds. The molecule has 0 fully saturated rings. The van der Waals surface area contributed by atoms with Crippen LogP contribution in [0.15, 0.2) is 18.3 Å². The number of pyridine rings is 1. The van der Waals surface area contributed by atoms with Crippen LogP contribution in [0.2, 0.25) is 0 Å². The van der Waals surface area contributed by atoms with E-state index in [1.54, 1.807) is 0 Å². The molecule has 0 aliphatic carbocycles. The van der Waals surface area contributed by atoms with E-state index < -0.39 is 0 Å². The quantitative estimate of drug-likeness (QED) is 0.544. The number of hydrogen-bond donors (Lipinski definition) is 1. The van der Waals surface area contributed by atoms with Gasteiger partial charge in [-0.2, -0.15) is 0 Å². The van der Waals surface area contributed by atoms with Crippen molar-refractivity contribution in [3.63, 3.8) is 0 Å². The maximum Gasteiger partial charge on any atom is 0.213 e. The maximum absolute atomic E-state index is 5.32. The first-order chi connectivity index (χ1) is 9.86. The van der Waals surface area contributed by atoms with Gasteiger partial charge in [0.25, 0.3) is 0 Å². The molecule has 3 nitrogen and oxygen atoms in total. The molecule has 1 heterocycles. The zero-order valence-corrected chi connectivity index (χ0v) is 13.2. The fraction of sp³-hybridized carbons (Fsp3) is 0.706. The van der Waals surface area contributed by atoms with Crippen LogP contribution in [-0.2, 0) is 0 Å². The number of unbranched alkanes of at least 4 members (excludes halogenated alkanes) is 7. The summed E-state index contributed by atoms with van der Waals surface area (Å²) in [6.45, 7) is 5.93. The van der Waals surface area contributed by atoms with Gasteiger partial charge >= 0.3 is 0 Å². The van der Waals surface area contributed by atoms with Crippen LogP contribution >= 0.6 is 0 Å². The van der Waals surface area contributed by atoms with Crippen LogP contribution in [-0.4, -0.2) is 18.1 Å². The minimum absolute atomic E-state index is 0.665. The first-order valence-electron chi connectivity index (χ1n) is 8.19. The zero-order valence-electron chi connectivity index (χ0n) is 13.2. The van der Waals surface area contributed by atoms with Gasteiger partial charge in [-0.05, 0) is 19.4 Å². The van der Waals surface area contributed by atoms with E-state index in [0.717, 1.165) is 12.2 Å². The van der Waals surface area contributed by atoms with Gasteiger partial charge in [0.05, 0.1) is 18.5 Å². The number of rotatable bonds is 12. The summed E-state index contributed by atoms with van der Waals surface area (Å²) in [5, 5.41) is 3.41. The van der Waals surface area contributed by atoms with Crippen LogP contribution in [0.1, 0.15) is 65.2 Å². The highest BCUT2D eigenvalue weighted by Crippen LogP contribution is 2.12. The molecule has 0 radical (unpaired) electrons. The Balaban J connectivity index is 1.98. The molecule has 0 saturated carbocycles. The third kappa shape index (κ3) is 8.03. The van der Waals surface area contributed by atoms with Gasteiger partial charge in [0.15, 0.2) is 0 Å². The van der Waals surface area contributed by atoms with Gasteiger partial charge in [-0.1, -0.05) is 51.9 Å². The summed E-state index contributed by atoms with van der Waals surface area (Å²) in [6.07, 6.45) is 12.7. The highest BCUT2D eigenvalue weighted by Gasteiger charge is 1.96. The molecule has 3 heteroatoms. The summed E-state index contributed by atoms with van der Waals surface area (Å²) in [4.78, 5) is 4.24. The second-order valence-electron chi connectivity index (χ2n) is 5.22. The molecule has 0 unspecified atom stereocenters. The summed E-state index contributed by atoms with van der Waals surface area (Å²) in [5.41, 5.74) is 1.08. The molecule has 0 aliphatic heterocycles. The molecule has 0 saturated heterocycles. The van der Waals surface area contributed by atoms with Crippen molar-refractivity contribution < 1.29 is 4.74 Å². The van der Waals surface area contributed by atoms with Crippen LogP contribution in [0.25, 0.3) is 0 Å². The molecule has 0 aromatic carbocycles. The van der Waals surface area contributed by atoms with Crippen LogP contribution in [0.3, 0.4) is 0 Å². The molecule has 1 aromatic heterocycles. The minimum Gasteiger partial charge on any atom is -0.478 e. The largest absolute Gasteiger partial charge is 0.478 e.